The summed E-state index contributed by atoms with van der Waals surface area (Å²) in [6.07, 6.45) is -2.44. The number of phosphoric ester groups is 1. The van der Waals surface area contributed by atoms with Crippen LogP contribution in [0.25, 0.3) is 0 Å². The second-order valence-electron chi connectivity index (χ2n) is 3.12. The lowest BCUT2D eigenvalue weighted by Crippen LogP contribution is -2.35. The molecule has 4 atom stereocenters. The molecule has 0 bridgehead atoms. The summed E-state index contributed by atoms with van der Waals surface area (Å²) < 4.78 is 30.1. The molecule has 1 heterocycles. The molecule has 1 fully saturated rings. The number of rotatable bonds is 5. The zero-order chi connectivity index (χ0) is 11.5. The second-order valence-corrected chi connectivity index (χ2v) is 4.63. The number of methoxy groups -OCH3 is 1. The minimum absolute atomic E-state index is 0.0441. The van der Waals surface area contributed by atoms with Crippen LogP contribution in [0.4, 0.5) is 0 Å². The molecule has 0 aromatic rings. The van der Waals surface area contributed by atoms with Gasteiger partial charge in [0.25, 0.3) is 0 Å². The molecule has 15 heavy (non-hydrogen) atoms. The molecule has 0 spiro atoms. The number of hydrogen-bond donors (Lipinski definition) is 2. The normalized spacial score (nSPS) is 35.3. The standard InChI is InChI=1S/C7H15O7P/c1-11-4-6-7(5(8)3-13-6)14-15(9,10)12-2/h5-8H,3-4H2,1-2H3,(H,9,10)/t5-,6-,7?/m1/s1. The Kier molecular flexibility index (Phi) is 4.66. The third kappa shape index (κ3) is 3.49. The smallest absolute Gasteiger partial charge is 0.388 e. The maximum atomic E-state index is 11.1. The fraction of sp³-hybridized carbons (Fsp3) is 1.00. The van der Waals surface area contributed by atoms with Gasteiger partial charge in [-0.2, -0.15) is 0 Å². The van der Waals surface area contributed by atoms with Crippen LogP contribution < -0.4 is 0 Å². The monoisotopic (exact) mass is 242 g/mol. The van der Waals surface area contributed by atoms with Crippen molar-refractivity contribution in [1.82, 2.24) is 0 Å². The Bertz CT molecular complexity index is 243. The number of aliphatic hydroxyl groups is 1. The van der Waals surface area contributed by atoms with E-state index in [4.69, 9.17) is 18.9 Å². The summed E-state index contributed by atoms with van der Waals surface area (Å²) in [5.41, 5.74) is 0. The summed E-state index contributed by atoms with van der Waals surface area (Å²) in [5.74, 6) is 0. The van der Waals surface area contributed by atoms with Crippen molar-refractivity contribution in [3.63, 3.8) is 0 Å². The number of aliphatic hydroxyl groups excluding tert-OH is 1. The van der Waals surface area contributed by atoms with Gasteiger partial charge in [0, 0.05) is 14.2 Å². The van der Waals surface area contributed by atoms with Gasteiger partial charge in [-0.1, -0.05) is 0 Å². The molecule has 2 N–H and O–H groups in total. The Morgan fingerprint density at radius 2 is 2.20 bits per heavy atom. The molecular formula is C7H15O7P. The fourth-order valence-corrected chi connectivity index (χ4v) is 1.97. The molecule has 0 aromatic carbocycles. The Hall–Kier alpha value is -0.0100. The molecule has 7 nitrogen and oxygen atoms in total. The van der Waals surface area contributed by atoms with Crippen LogP contribution in [0.1, 0.15) is 0 Å². The van der Waals surface area contributed by atoms with E-state index in [1.165, 1.54) is 7.11 Å². The highest BCUT2D eigenvalue weighted by Crippen LogP contribution is 2.45. The minimum atomic E-state index is -4.12. The van der Waals surface area contributed by atoms with Crippen LogP contribution in [0.5, 0.6) is 0 Å². The number of hydrogen-bond acceptors (Lipinski definition) is 6. The van der Waals surface area contributed by atoms with Gasteiger partial charge in [0.2, 0.25) is 0 Å². The quantitative estimate of drug-likeness (QED) is 0.629. The van der Waals surface area contributed by atoms with Gasteiger partial charge in [-0.15, -0.1) is 0 Å². The summed E-state index contributed by atoms with van der Waals surface area (Å²) >= 11 is 0. The van der Waals surface area contributed by atoms with Crippen LogP contribution in [0.3, 0.4) is 0 Å². The topological polar surface area (TPSA) is 94.5 Å². The van der Waals surface area contributed by atoms with Gasteiger partial charge in [0.05, 0.1) is 13.2 Å². The molecule has 0 amide bonds. The van der Waals surface area contributed by atoms with Crippen LogP contribution in [-0.4, -0.2) is 55.7 Å². The maximum absolute atomic E-state index is 11.1. The van der Waals surface area contributed by atoms with Crippen molar-refractivity contribution in [1.29, 1.82) is 0 Å². The second kappa shape index (κ2) is 5.36. The molecule has 0 aromatic heterocycles. The van der Waals surface area contributed by atoms with Gasteiger partial charge in [0.15, 0.2) is 0 Å². The van der Waals surface area contributed by atoms with E-state index in [9.17, 15) is 9.67 Å². The van der Waals surface area contributed by atoms with E-state index in [0.717, 1.165) is 7.11 Å². The van der Waals surface area contributed by atoms with Crippen molar-refractivity contribution >= 4 is 7.82 Å². The van der Waals surface area contributed by atoms with Crippen LogP contribution in [0.15, 0.2) is 0 Å². The molecule has 1 saturated heterocycles. The summed E-state index contributed by atoms with van der Waals surface area (Å²) in [7, 11) is -1.61. The van der Waals surface area contributed by atoms with Gasteiger partial charge in [-0.3, -0.25) is 9.05 Å². The Labute approximate surface area is 87.5 Å². The van der Waals surface area contributed by atoms with Crippen molar-refractivity contribution in [3.8, 4) is 0 Å². The fourth-order valence-electron chi connectivity index (χ4n) is 1.30. The first-order chi connectivity index (χ1) is 7.00. The summed E-state index contributed by atoms with van der Waals surface area (Å²) in [5, 5.41) is 9.45. The predicted octanol–water partition coefficient (Wildman–Crippen LogP) is -0.476. The molecular weight excluding hydrogens is 227 g/mol. The molecule has 0 aliphatic carbocycles. The lowest BCUT2D eigenvalue weighted by Gasteiger charge is -2.21. The zero-order valence-corrected chi connectivity index (χ0v) is 9.42. The van der Waals surface area contributed by atoms with Crippen molar-refractivity contribution in [3.05, 3.63) is 0 Å². The first-order valence-corrected chi connectivity index (χ1v) is 5.85. The van der Waals surface area contributed by atoms with Crippen LogP contribution in [0.2, 0.25) is 0 Å². The van der Waals surface area contributed by atoms with Crippen molar-refractivity contribution < 1.29 is 33.1 Å². The Balaban J connectivity index is 2.60. The molecule has 0 radical (unpaired) electrons. The lowest BCUT2D eigenvalue weighted by molar-refractivity contribution is -0.0193. The van der Waals surface area contributed by atoms with E-state index in [1.54, 1.807) is 0 Å². The SMILES string of the molecule is COC[C@H]1OC[C@@H](O)C1OP(=O)(O)OC. The summed E-state index contributed by atoms with van der Waals surface area (Å²) in [6.45, 7) is 0.216. The van der Waals surface area contributed by atoms with E-state index in [-0.39, 0.29) is 13.2 Å². The van der Waals surface area contributed by atoms with Gasteiger partial charge in [0.1, 0.15) is 18.3 Å². The number of phosphoric acid groups is 1. The third-order valence-electron chi connectivity index (χ3n) is 2.04. The van der Waals surface area contributed by atoms with Crippen molar-refractivity contribution in [2.45, 2.75) is 18.3 Å². The maximum Gasteiger partial charge on any atom is 0.472 e. The molecule has 90 valence electrons. The Morgan fingerprint density at radius 1 is 1.53 bits per heavy atom. The van der Waals surface area contributed by atoms with Gasteiger partial charge < -0.3 is 19.5 Å². The van der Waals surface area contributed by atoms with E-state index in [0.29, 0.717) is 0 Å². The molecule has 1 rings (SSSR count). The molecule has 1 aliphatic rings. The first-order valence-electron chi connectivity index (χ1n) is 4.35. The van der Waals surface area contributed by atoms with Gasteiger partial charge >= 0.3 is 7.82 Å². The average Bonchev–Trinajstić information content (AvgIpc) is 2.50. The zero-order valence-electron chi connectivity index (χ0n) is 8.53. The van der Waals surface area contributed by atoms with Crippen LogP contribution in [-0.2, 0) is 23.1 Å². The van der Waals surface area contributed by atoms with Gasteiger partial charge in [-0.25, -0.2) is 4.57 Å². The largest absolute Gasteiger partial charge is 0.472 e. The molecule has 0 saturated carbocycles. The van der Waals surface area contributed by atoms with Crippen LogP contribution in [0, 0.1) is 0 Å². The van der Waals surface area contributed by atoms with E-state index < -0.39 is 26.1 Å². The highest BCUT2D eigenvalue weighted by Gasteiger charge is 2.41. The van der Waals surface area contributed by atoms with E-state index >= 15 is 0 Å². The molecule has 8 heteroatoms. The average molecular weight is 242 g/mol. The lowest BCUT2D eigenvalue weighted by atomic mass is 10.2. The van der Waals surface area contributed by atoms with Crippen molar-refractivity contribution in [2.24, 2.45) is 0 Å². The highest BCUT2D eigenvalue weighted by atomic mass is 31.2. The predicted molar refractivity (Wildman–Crippen MR) is 49.3 cm³/mol. The summed E-state index contributed by atoms with van der Waals surface area (Å²) in [4.78, 5) is 9.09. The number of ether oxygens (including phenoxy) is 2. The first kappa shape index (κ1) is 13.1. The summed E-state index contributed by atoms with van der Waals surface area (Å²) in [6, 6.07) is 0. The van der Waals surface area contributed by atoms with Crippen molar-refractivity contribution in [2.75, 3.05) is 27.4 Å². The van der Waals surface area contributed by atoms with E-state index in [1.807, 2.05) is 0 Å². The third-order valence-corrected chi connectivity index (χ3v) is 3.01. The van der Waals surface area contributed by atoms with E-state index in [2.05, 4.69) is 4.52 Å². The minimum Gasteiger partial charge on any atom is -0.388 e. The van der Waals surface area contributed by atoms with Crippen LogP contribution >= 0.6 is 7.82 Å². The van der Waals surface area contributed by atoms with Gasteiger partial charge in [-0.05, 0) is 0 Å². The Morgan fingerprint density at radius 3 is 2.73 bits per heavy atom. The highest BCUT2D eigenvalue weighted by molar-refractivity contribution is 7.47. The molecule has 2 unspecified atom stereocenters. The molecule has 1 aliphatic heterocycles.